The van der Waals surface area contributed by atoms with Crippen molar-refractivity contribution in [2.75, 3.05) is 6.54 Å². The van der Waals surface area contributed by atoms with Gasteiger partial charge in [-0.3, -0.25) is 28.8 Å². The van der Waals surface area contributed by atoms with E-state index in [-0.39, 0.29) is 32.1 Å². The normalized spacial score (nSPS) is 14.2. The first-order valence-electron chi connectivity index (χ1n) is 15.6. The highest BCUT2D eigenvalue weighted by atomic mass is 16.6. The summed E-state index contributed by atoms with van der Waals surface area (Å²) in [4.78, 5) is 88.4. The molecule has 264 valence electrons. The predicted molar refractivity (Wildman–Crippen MR) is 169 cm³/mol. The van der Waals surface area contributed by atoms with E-state index in [9.17, 15) is 38.7 Å². The molecular weight excluding hydrogens is 602 g/mol. The number of carboxylic acid groups (broad SMARTS) is 1. The Morgan fingerprint density at radius 2 is 1.09 bits per heavy atom. The van der Waals surface area contributed by atoms with Gasteiger partial charge >= 0.3 is 17.9 Å². The maximum absolute atomic E-state index is 13.5. The van der Waals surface area contributed by atoms with E-state index in [1.165, 1.54) is 6.92 Å². The fourth-order valence-corrected chi connectivity index (χ4v) is 4.17. The van der Waals surface area contributed by atoms with Crippen molar-refractivity contribution in [3.8, 4) is 0 Å². The lowest BCUT2D eigenvalue weighted by molar-refractivity contribution is -0.156. The van der Waals surface area contributed by atoms with Gasteiger partial charge in [-0.1, -0.05) is 13.8 Å². The average molecular weight is 658 g/mol. The molecule has 0 aliphatic heterocycles. The number of unbranched alkanes of at least 4 members (excludes halogenated alkanes) is 1. The predicted octanol–water partition coefficient (Wildman–Crippen LogP) is 1.06. The number of nitrogens with one attached hydrogen (secondary N) is 4. The van der Waals surface area contributed by atoms with E-state index < -0.39 is 82.8 Å². The van der Waals surface area contributed by atoms with Gasteiger partial charge in [-0.05, 0) is 86.1 Å². The maximum Gasteiger partial charge on any atom is 0.326 e. The van der Waals surface area contributed by atoms with Crippen molar-refractivity contribution in [3.63, 3.8) is 0 Å². The third-order valence-electron chi connectivity index (χ3n) is 6.25. The number of aliphatic carboxylic acids is 1. The van der Waals surface area contributed by atoms with Crippen molar-refractivity contribution in [3.05, 3.63) is 0 Å². The number of rotatable bonds is 19. The lowest BCUT2D eigenvalue weighted by atomic mass is 10.0. The topological polar surface area (TPSA) is 232 Å². The molecule has 0 radical (unpaired) electrons. The zero-order valence-electron chi connectivity index (χ0n) is 28.7. The first-order valence-corrected chi connectivity index (χ1v) is 15.6. The standard InChI is InChI=1S/C31H55N5O10/c1-18(2)25(28(42)35-22(29(43)44)12-10-11-17-32)36-27(41)21(14-16-24(39)46-31(7,8)9)34-26(40)20(33-19(3)37)13-15-23(38)45-30(4,5)6/h18,20-22,25H,10-17,32H2,1-9H3,(H,33,37)(H,34,40)(H,35,42)(H,36,41)(H,43,44)/t20-,21-,22-,25-/m0/s1. The molecule has 0 spiro atoms. The van der Waals surface area contributed by atoms with Crippen LogP contribution < -0.4 is 27.0 Å². The summed E-state index contributed by atoms with van der Waals surface area (Å²) in [6.45, 7) is 14.9. The molecule has 0 rings (SSSR count). The van der Waals surface area contributed by atoms with Crippen LogP contribution in [0.2, 0.25) is 0 Å². The molecule has 0 aromatic heterocycles. The van der Waals surface area contributed by atoms with E-state index in [4.69, 9.17) is 15.2 Å². The molecule has 7 N–H and O–H groups in total. The molecule has 0 bridgehead atoms. The first-order chi connectivity index (χ1) is 21.1. The third kappa shape index (κ3) is 18.9. The number of nitrogens with two attached hydrogens (primary N) is 1. The third-order valence-corrected chi connectivity index (χ3v) is 6.25. The Labute approximate surface area is 271 Å². The molecule has 4 amide bonds. The number of ether oxygens (including phenoxy) is 2. The summed E-state index contributed by atoms with van der Waals surface area (Å²) in [5.74, 6) is -5.90. The molecule has 0 saturated heterocycles. The summed E-state index contributed by atoms with van der Waals surface area (Å²) < 4.78 is 10.6. The van der Waals surface area contributed by atoms with E-state index in [1.54, 1.807) is 55.4 Å². The van der Waals surface area contributed by atoms with Gasteiger partial charge in [-0.2, -0.15) is 0 Å². The second-order valence-corrected chi connectivity index (χ2v) is 13.5. The minimum Gasteiger partial charge on any atom is -0.480 e. The van der Waals surface area contributed by atoms with Crippen LogP contribution in [0.1, 0.15) is 107 Å². The molecular formula is C31H55N5O10. The SMILES string of the molecule is CC(=O)N[C@@H](CCC(=O)OC(C)(C)C)C(=O)N[C@@H](CCC(=O)OC(C)(C)C)C(=O)N[C@H](C(=O)N[C@@H](CCCCN)C(=O)O)C(C)C. The largest absolute Gasteiger partial charge is 0.480 e. The van der Waals surface area contributed by atoms with Crippen LogP contribution in [0.15, 0.2) is 0 Å². The van der Waals surface area contributed by atoms with Gasteiger partial charge in [0.05, 0.1) is 0 Å². The zero-order valence-corrected chi connectivity index (χ0v) is 28.7. The summed E-state index contributed by atoms with van der Waals surface area (Å²) in [6, 6.07) is -4.99. The Bertz CT molecular complexity index is 1060. The van der Waals surface area contributed by atoms with Crippen LogP contribution in [-0.2, 0) is 43.0 Å². The van der Waals surface area contributed by atoms with E-state index in [1.807, 2.05) is 0 Å². The number of carboxylic acids is 1. The minimum atomic E-state index is -1.37. The number of carbonyl (C=O) groups is 7. The number of esters is 2. The quantitative estimate of drug-likeness (QED) is 0.0849. The second kappa shape index (κ2) is 19.7. The zero-order chi connectivity index (χ0) is 35.8. The Kier molecular flexibility index (Phi) is 18.1. The maximum atomic E-state index is 13.5. The summed E-state index contributed by atoms with van der Waals surface area (Å²) >= 11 is 0. The van der Waals surface area contributed by atoms with Crippen molar-refractivity contribution in [1.29, 1.82) is 0 Å². The van der Waals surface area contributed by atoms with Gasteiger partial charge < -0.3 is 41.6 Å². The highest BCUT2D eigenvalue weighted by Crippen LogP contribution is 2.13. The van der Waals surface area contributed by atoms with Crippen LogP contribution in [0.25, 0.3) is 0 Å². The highest BCUT2D eigenvalue weighted by Gasteiger charge is 2.33. The van der Waals surface area contributed by atoms with Crippen LogP contribution in [0.4, 0.5) is 0 Å². The van der Waals surface area contributed by atoms with Crippen molar-refractivity contribution in [2.45, 2.75) is 143 Å². The number of carbonyl (C=O) groups excluding carboxylic acids is 6. The molecule has 0 fully saturated rings. The van der Waals surface area contributed by atoms with Gasteiger partial charge in [0, 0.05) is 19.8 Å². The van der Waals surface area contributed by atoms with Crippen molar-refractivity contribution < 1.29 is 48.1 Å². The van der Waals surface area contributed by atoms with E-state index in [0.717, 1.165) is 0 Å². The van der Waals surface area contributed by atoms with Crippen molar-refractivity contribution in [1.82, 2.24) is 21.3 Å². The lowest BCUT2D eigenvalue weighted by Gasteiger charge is -2.28. The van der Waals surface area contributed by atoms with Gasteiger partial charge in [-0.25, -0.2) is 4.79 Å². The molecule has 0 aliphatic carbocycles. The van der Waals surface area contributed by atoms with Gasteiger partial charge in [0.2, 0.25) is 23.6 Å². The van der Waals surface area contributed by atoms with Crippen molar-refractivity contribution in [2.24, 2.45) is 11.7 Å². The smallest absolute Gasteiger partial charge is 0.326 e. The van der Waals surface area contributed by atoms with Gasteiger partial charge in [0.25, 0.3) is 0 Å². The van der Waals surface area contributed by atoms with E-state index >= 15 is 0 Å². The van der Waals surface area contributed by atoms with E-state index in [0.29, 0.717) is 19.4 Å². The number of hydrogen-bond acceptors (Lipinski definition) is 10. The molecule has 15 nitrogen and oxygen atoms in total. The molecule has 0 saturated carbocycles. The molecule has 46 heavy (non-hydrogen) atoms. The van der Waals surface area contributed by atoms with Gasteiger partial charge in [-0.15, -0.1) is 0 Å². The van der Waals surface area contributed by atoms with Crippen molar-refractivity contribution >= 4 is 41.5 Å². The summed E-state index contributed by atoms with van der Waals surface area (Å²) in [6.07, 6.45) is 0.316. The Balaban J connectivity index is 6.03. The Hall–Kier alpha value is -3.75. The number of hydrogen-bond donors (Lipinski definition) is 6. The fourth-order valence-electron chi connectivity index (χ4n) is 4.17. The fraction of sp³-hybridized carbons (Fsp3) is 0.774. The molecule has 0 aromatic carbocycles. The van der Waals surface area contributed by atoms with Crippen LogP contribution in [0.5, 0.6) is 0 Å². The number of amides is 4. The lowest BCUT2D eigenvalue weighted by Crippen LogP contribution is -2.59. The summed E-state index contributed by atoms with van der Waals surface area (Å²) in [7, 11) is 0. The van der Waals surface area contributed by atoms with Crippen LogP contribution in [-0.4, -0.2) is 88.6 Å². The average Bonchev–Trinajstić information content (AvgIpc) is 2.88. The molecule has 0 aromatic rings. The second-order valence-electron chi connectivity index (χ2n) is 13.5. The van der Waals surface area contributed by atoms with E-state index in [2.05, 4.69) is 21.3 Å². The molecule has 0 aliphatic rings. The molecule has 0 heterocycles. The Morgan fingerprint density at radius 3 is 1.48 bits per heavy atom. The van der Waals surface area contributed by atoms with Gasteiger partial charge in [0.1, 0.15) is 35.4 Å². The highest BCUT2D eigenvalue weighted by molar-refractivity contribution is 5.95. The van der Waals surface area contributed by atoms with Gasteiger partial charge in [0.15, 0.2) is 0 Å². The minimum absolute atomic E-state index is 0.138. The first kappa shape index (κ1) is 42.2. The molecule has 0 unspecified atom stereocenters. The summed E-state index contributed by atoms with van der Waals surface area (Å²) in [5.41, 5.74) is 3.92. The Morgan fingerprint density at radius 1 is 0.652 bits per heavy atom. The molecule has 15 heteroatoms. The van der Waals surface area contributed by atoms with Crippen LogP contribution in [0, 0.1) is 5.92 Å². The molecule has 4 atom stereocenters. The summed E-state index contributed by atoms with van der Waals surface area (Å²) in [5, 5.41) is 19.6. The van der Waals surface area contributed by atoms with Crippen LogP contribution >= 0.6 is 0 Å². The monoisotopic (exact) mass is 657 g/mol. The van der Waals surface area contributed by atoms with Crippen LogP contribution in [0.3, 0.4) is 0 Å².